The van der Waals surface area contributed by atoms with Gasteiger partial charge in [-0.15, -0.1) is 5.10 Å². The molecular formula is C10H19N3O. The second-order valence-corrected chi connectivity index (χ2v) is 3.52. The molecule has 0 unspecified atom stereocenters. The molecule has 0 amide bonds. The maximum atomic E-state index is 8.95. The molecule has 0 radical (unpaired) electrons. The summed E-state index contributed by atoms with van der Waals surface area (Å²) in [6.45, 7) is 3.11. The molecule has 1 aromatic heterocycles. The van der Waals surface area contributed by atoms with Crippen LogP contribution in [0.25, 0.3) is 0 Å². The van der Waals surface area contributed by atoms with Gasteiger partial charge in [0.25, 0.3) is 0 Å². The number of aliphatic hydroxyl groups excluding tert-OH is 1. The van der Waals surface area contributed by atoms with Crippen molar-refractivity contribution in [3.05, 3.63) is 11.9 Å². The standard InChI is InChI=1S/C10H19N3O/c1-2-3-4-5-6-7-13-10(9-14)8-11-12-13/h8,14H,2-7,9H2,1H3. The highest BCUT2D eigenvalue weighted by Gasteiger charge is 2.00. The normalized spacial score (nSPS) is 10.7. The van der Waals surface area contributed by atoms with Crippen LogP contribution in [0.3, 0.4) is 0 Å². The predicted molar refractivity (Wildman–Crippen MR) is 54.7 cm³/mol. The molecule has 14 heavy (non-hydrogen) atoms. The van der Waals surface area contributed by atoms with Crippen molar-refractivity contribution in [1.29, 1.82) is 0 Å². The first kappa shape index (κ1) is 11.2. The van der Waals surface area contributed by atoms with E-state index in [4.69, 9.17) is 5.11 Å². The predicted octanol–water partition coefficient (Wildman–Crippen LogP) is 1.74. The molecule has 0 spiro atoms. The number of aliphatic hydroxyl groups is 1. The Hall–Kier alpha value is -0.900. The fourth-order valence-corrected chi connectivity index (χ4v) is 1.45. The van der Waals surface area contributed by atoms with Crippen molar-refractivity contribution in [2.24, 2.45) is 0 Å². The zero-order chi connectivity index (χ0) is 10.2. The Labute approximate surface area is 84.9 Å². The van der Waals surface area contributed by atoms with Crippen LogP contribution in [-0.4, -0.2) is 20.1 Å². The minimum atomic E-state index is 0.0297. The smallest absolute Gasteiger partial charge is 0.0866 e. The molecule has 0 bridgehead atoms. The van der Waals surface area contributed by atoms with Gasteiger partial charge in [0, 0.05) is 6.54 Å². The quantitative estimate of drug-likeness (QED) is 0.677. The van der Waals surface area contributed by atoms with Gasteiger partial charge >= 0.3 is 0 Å². The third-order valence-corrected chi connectivity index (χ3v) is 2.33. The van der Waals surface area contributed by atoms with Gasteiger partial charge in [0.1, 0.15) is 0 Å². The van der Waals surface area contributed by atoms with Crippen LogP contribution in [0.5, 0.6) is 0 Å². The van der Waals surface area contributed by atoms with Gasteiger partial charge in [-0.1, -0.05) is 37.8 Å². The van der Waals surface area contributed by atoms with Crippen molar-refractivity contribution in [2.45, 2.75) is 52.2 Å². The van der Waals surface area contributed by atoms with E-state index < -0.39 is 0 Å². The largest absolute Gasteiger partial charge is 0.390 e. The van der Waals surface area contributed by atoms with Crippen LogP contribution in [0.1, 0.15) is 44.7 Å². The van der Waals surface area contributed by atoms with Crippen molar-refractivity contribution < 1.29 is 5.11 Å². The third kappa shape index (κ3) is 3.46. The van der Waals surface area contributed by atoms with E-state index in [9.17, 15) is 0 Å². The number of unbranched alkanes of at least 4 members (excludes halogenated alkanes) is 4. The summed E-state index contributed by atoms with van der Waals surface area (Å²) in [7, 11) is 0. The summed E-state index contributed by atoms with van der Waals surface area (Å²) in [6.07, 6.45) is 7.84. The van der Waals surface area contributed by atoms with Gasteiger partial charge in [-0.3, -0.25) is 0 Å². The van der Waals surface area contributed by atoms with Crippen molar-refractivity contribution >= 4 is 0 Å². The number of aryl methyl sites for hydroxylation is 1. The molecule has 80 valence electrons. The van der Waals surface area contributed by atoms with Gasteiger partial charge in [0.05, 0.1) is 18.5 Å². The van der Waals surface area contributed by atoms with Crippen LogP contribution in [-0.2, 0) is 13.2 Å². The second kappa shape index (κ2) is 6.54. The van der Waals surface area contributed by atoms with Crippen LogP contribution in [0.4, 0.5) is 0 Å². The van der Waals surface area contributed by atoms with E-state index in [1.165, 1.54) is 25.7 Å². The Morgan fingerprint density at radius 3 is 2.79 bits per heavy atom. The van der Waals surface area contributed by atoms with E-state index in [0.29, 0.717) is 0 Å². The van der Waals surface area contributed by atoms with Gasteiger partial charge in [-0.2, -0.15) is 0 Å². The number of nitrogens with zero attached hydrogens (tertiary/aromatic N) is 3. The van der Waals surface area contributed by atoms with Gasteiger partial charge in [0.2, 0.25) is 0 Å². The highest BCUT2D eigenvalue weighted by atomic mass is 16.3. The first-order valence-corrected chi connectivity index (χ1v) is 5.36. The topological polar surface area (TPSA) is 50.9 Å². The van der Waals surface area contributed by atoms with Gasteiger partial charge in [-0.25, -0.2) is 4.68 Å². The Morgan fingerprint density at radius 1 is 1.29 bits per heavy atom. The van der Waals surface area contributed by atoms with Crippen molar-refractivity contribution in [1.82, 2.24) is 15.0 Å². The fraction of sp³-hybridized carbons (Fsp3) is 0.800. The zero-order valence-electron chi connectivity index (χ0n) is 8.82. The molecule has 1 N–H and O–H groups in total. The Morgan fingerprint density at radius 2 is 2.07 bits per heavy atom. The molecule has 1 rings (SSSR count). The molecule has 0 aromatic carbocycles. The first-order chi connectivity index (χ1) is 6.88. The Balaban J connectivity index is 2.17. The van der Waals surface area contributed by atoms with E-state index in [-0.39, 0.29) is 6.61 Å². The summed E-state index contributed by atoms with van der Waals surface area (Å²) in [5.74, 6) is 0. The molecule has 0 aliphatic carbocycles. The van der Waals surface area contributed by atoms with E-state index in [0.717, 1.165) is 18.7 Å². The van der Waals surface area contributed by atoms with Crippen LogP contribution in [0.15, 0.2) is 6.20 Å². The number of rotatable bonds is 7. The summed E-state index contributed by atoms with van der Waals surface area (Å²) in [5.41, 5.74) is 0.806. The van der Waals surface area contributed by atoms with Gasteiger partial charge < -0.3 is 5.11 Å². The molecule has 1 heterocycles. The molecular weight excluding hydrogens is 178 g/mol. The molecule has 1 aromatic rings. The highest BCUT2D eigenvalue weighted by molar-refractivity contribution is 4.90. The molecule has 0 aliphatic rings. The maximum Gasteiger partial charge on any atom is 0.0866 e. The summed E-state index contributed by atoms with van der Waals surface area (Å²) in [5, 5.41) is 16.6. The summed E-state index contributed by atoms with van der Waals surface area (Å²) < 4.78 is 1.78. The van der Waals surface area contributed by atoms with E-state index in [1.807, 2.05) is 0 Å². The minimum Gasteiger partial charge on any atom is -0.390 e. The lowest BCUT2D eigenvalue weighted by atomic mass is 10.1. The van der Waals surface area contributed by atoms with Crippen LogP contribution in [0, 0.1) is 0 Å². The minimum absolute atomic E-state index is 0.0297. The Bertz CT molecular complexity index is 247. The van der Waals surface area contributed by atoms with Gasteiger partial charge in [-0.05, 0) is 6.42 Å². The average molecular weight is 197 g/mol. The first-order valence-electron chi connectivity index (χ1n) is 5.36. The van der Waals surface area contributed by atoms with Crippen molar-refractivity contribution in [3.8, 4) is 0 Å². The van der Waals surface area contributed by atoms with E-state index in [2.05, 4.69) is 17.2 Å². The lowest BCUT2D eigenvalue weighted by Crippen LogP contribution is -2.05. The molecule has 0 aliphatic heterocycles. The molecule has 0 fully saturated rings. The number of hydrogen-bond donors (Lipinski definition) is 1. The van der Waals surface area contributed by atoms with Crippen LogP contribution >= 0.6 is 0 Å². The molecule has 0 atom stereocenters. The average Bonchev–Trinajstić information content (AvgIpc) is 2.65. The Kier molecular flexibility index (Phi) is 5.22. The summed E-state index contributed by atoms with van der Waals surface area (Å²) in [4.78, 5) is 0. The lowest BCUT2D eigenvalue weighted by Gasteiger charge is -2.03. The fourth-order valence-electron chi connectivity index (χ4n) is 1.45. The molecule has 0 saturated heterocycles. The lowest BCUT2D eigenvalue weighted by molar-refractivity contribution is 0.267. The van der Waals surface area contributed by atoms with E-state index in [1.54, 1.807) is 10.9 Å². The number of hydrogen-bond acceptors (Lipinski definition) is 3. The highest BCUT2D eigenvalue weighted by Crippen LogP contribution is 2.05. The molecule has 4 nitrogen and oxygen atoms in total. The van der Waals surface area contributed by atoms with Gasteiger partial charge in [0.15, 0.2) is 0 Å². The second-order valence-electron chi connectivity index (χ2n) is 3.52. The summed E-state index contributed by atoms with van der Waals surface area (Å²) in [6, 6.07) is 0. The maximum absolute atomic E-state index is 8.95. The van der Waals surface area contributed by atoms with Crippen LogP contribution in [0.2, 0.25) is 0 Å². The van der Waals surface area contributed by atoms with E-state index >= 15 is 0 Å². The van der Waals surface area contributed by atoms with Crippen molar-refractivity contribution in [3.63, 3.8) is 0 Å². The number of aromatic nitrogens is 3. The molecule has 0 saturated carbocycles. The zero-order valence-corrected chi connectivity index (χ0v) is 8.82. The monoisotopic (exact) mass is 197 g/mol. The van der Waals surface area contributed by atoms with Crippen LogP contribution < -0.4 is 0 Å². The third-order valence-electron chi connectivity index (χ3n) is 2.33. The van der Waals surface area contributed by atoms with Crippen molar-refractivity contribution in [2.75, 3.05) is 0 Å². The SMILES string of the molecule is CCCCCCCn1nncc1CO. The molecule has 4 heteroatoms. The summed E-state index contributed by atoms with van der Waals surface area (Å²) >= 11 is 0.